The van der Waals surface area contributed by atoms with Crippen molar-refractivity contribution in [3.8, 4) is 0 Å². The lowest BCUT2D eigenvalue weighted by atomic mass is 10.4. The lowest BCUT2D eigenvalue weighted by Crippen LogP contribution is -2.26. The second kappa shape index (κ2) is 5.20. The Balaban J connectivity index is 3.22. The van der Waals surface area contributed by atoms with Crippen LogP contribution in [0.2, 0.25) is 0 Å². The molecule has 60 valence electrons. The van der Waals surface area contributed by atoms with Crippen molar-refractivity contribution >= 4 is 5.91 Å². The summed E-state index contributed by atoms with van der Waals surface area (Å²) in [6.07, 6.45) is 0.473. The fourth-order valence-electron chi connectivity index (χ4n) is 0.484. The largest absolute Gasteiger partial charge is 0.349 e. The number of carbonyl (C=O) groups excluding carboxylic acids is 1. The molecule has 1 amide bonds. The minimum absolute atomic E-state index is 0.101. The third-order valence-electron chi connectivity index (χ3n) is 1.08. The molecule has 0 atom stereocenters. The van der Waals surface area contributed by atoms with Gasteiger partial charge in [-0.05, 0) is 0 Å². The van der Waals surface area contributed by atoms with Crippen molar-refractivity contribution in [1.82, 2.24) is 10.4 Å². The first-order valence-corrected chi connectivity index (χ1v) is 3.14. The second-order valence-corrected chi connectivity index (χ2v) is 2.14. The van der Waals surface area contributed by atoms with E-state index in [2.05, 4.69) is 10.3 Å². The van der Waals surface area contributed by atoms with E-state index in [1.165, 1.54) is 7.11 Å². The van der Waals surface area contributed by atoms with Crippen LogP contribution in [0.4, 0.5) is 0 Å². The fraction of sp³-hybridized carbons (Fsp3) is 0.833. The number of nitrogens with one attached hydrogen (secondary N) is 1. The number of rotatable bonds is 4. The highest BCUT2D eigenvalue weighted by Crippen LogP contribution is 1.83. The monoisotopic (exact) mass is 146 g/mol. The van der Waals surface area contributed by atoms with Crippen LogP contribution in [0.3, 0.4) is 0 Å². The van der Waals surface area contributed by atoms with Gasteiger partial charge in [-0.3, -0.25) is 4.79 Å². The molecule has 0 aromatic heterocycles. The van der Waals surface area contributed by atoms with E-state index >= 15 is 0 Å². The second-order valence-electron chi connectivity index (χ2n) is 2.14. The minimum atomic E-state index is 0.101. The van der Waals surface area contributed by atoms with Gasteiger partial charge in [0.2, 0.25) is 5.91 Å². The van der Waals surface area contributed by atoms with E-state index in [-0.39, 0.29) is 5.91 Å². The van der Waals surface area contributed by atoms with E-state index in [0.29, 0.717) is 13.0 Å². The summed E-state index contributed by atoms with van der Waals surface area (Å²) >= 11 is 0. The molecule has 4 heteroatoms. The van der Waals surface area contributed by atoms with Crippen LogP contribution in [0.15, 0.2) is 0 Å². The summed E-state index contributed by atoms with van der Waals surface area (Å²) in [6.45, 7) is 0.563. The number of carbonyl (C=O) groups is 1. The normalized spacial score (nSPS) is 9.50. The predicted octanol–water partition coefficient (Wildman–Crippen LogP) is -0.384. The van der Waals surface area contributed by atoms with Crippen LogP contribution in [0.5, 0.6) is 0 Å². The molecule has 10 heavy (non-hydrogen) atoms. The summed E-state index contributed by atoms with van der Waals surface area (Å²) in [6, 6.07) is 0. The Morgan fingerprint density at radius 2 is 2.20 bits per heavy atom. The Kier molecular flexibility index (Phi) is 4.88. The van der Waals surface area contributed by atoms with Crippen molar-refractivity contribution in [2.45, 2.75) is 6.42 Å². The van der Waals surface area contributed by atoms with Gasteiger partial charge in [0.05, 0.1) is 7.11 Å². The summed E-state index contributed by atoms with van der Waals surface area (Å²) < 4.78 is 0. The summed E-state index contributed by atoms with van der Waals surface area (Å²) in [7, 11) is 4.99. The molecule has 0 aliphatic rings. The molecule has 0 unspecified atom stereocenters. The Morgan fingerprint density at radius 3 is 2.60 bits per heavy atom. The van der Waals surface area contributed by atoms with Gasteiger partial charge in [0.15, 0.2) is 0 Å². The van der Waals surface area contributed by atoms with Crippen LogP contribution >= 0.6 is 0 Å². The van der Waals surface area contributed by atoms with Crippen molar-refractivity contribution in [3.05, 3.63) is 0 Å². The first kappa shape index (κ1) is 9.39. The third-order valence-corrected chi connectivity index (χ3v) is 1.08. The maximum Gasteiger partial charge on any atom is 0.223 e. The molecule has 0 radical (unpaired) electrons. The molecule has 0 aromatic carbocycles. The van der Waals surface area contributed by atoms with E-state index < -0.39 is 0 Å². The molecular formula is C6H14N2O2. The molecule has 0 aromatic rings. The number of hydroxylamine groups is 1. The summed E-state index contributed by atoms with van der Waals surface area (Å²) in [5.41, 5.74) is 2.59. The Morgan fingerprint density at radius 1 is 1.60 bits per heavy atom. The quantitative estimate of drug-likeness (QED) is 0.434. The highest BCUT2D eigenvalue weighted by Gasteiger charge is 2.01. The molecule has 0 aliphatic carbocycles. The van der Waals surface area contributed by atoms with Gasteiger partial charge < -0.3 is 9.74 Å². The number of amides is 1. The first-order valence-electron chi connectivity index (χ1n) is 3.14. The SMILES string of the molecule is CONCCC(=O)N(C)C. The van der Waals surface area contributed by atoms with Crippen LogP contribution in [0.25, 0.3) is 0 Å². The average molecular weight is 146 g/mol. The highest BCUT2D eigenvalue weighted by atomic mass is 16.6. The van der Waals surface area contributed by atoms with Gasteiger partial charge >= 0.3 is 0 Å². The van der Waals surface area contributed by atoms with Gasteiger partial charge in [-0.15, -0.1) is 0 Å². The topological polar surface area (TPSA) is 41.6 Å². The zero-order chi connectivity index (χ0) is 7.98. The zero-order valence-corrected chi connectivity index (χ0v) is 6.68. The van der Waals surface area contributed by atoms with E-state index in [1.54, 1.807) is 19.0 Å². The van der Waals surface area contributed by atoms with Crippen molar-refractivity contribution in [3.63, 3.8) is 0 Å². The molecule has 0 spiro atoms. The maximum absolute atomic E-state index is 10.8. The predicted molar refractivity (Wildman–Crippen MR) is 38.3 cm³/mol. The fourth-order valence-corrected chi connectivity index (χ4v) is 0.484. The van der Waals surface area contributed by atoms with Gasteiger partial charge in [-0.25, -0.2) is 5.48 Å². The van der Waals surface area contributed by atoms with Crippen LogP contribution < -0.4 is 5.48 Å². The molecule has 0 fully saturated rings. The smallest absolute Gasteiger partial charge is 0.223 e. The maximum atomic E-state index is 10.8. The van der Waals surface area contributed by atoms with Gasteiger partial charge in [-0.2, -0.15) is 0 Å². The van der Waals surface area contributed by atoms with Crippen LogP contribution in [-0.4, -0.2) is 38.6 Å². The molecule has 0 saturated heterocycles. The lowest BCUT2D eigenvalue weighted by molar-refractivity contribution is -0.129. The molecule has 4 nitrogen and oxygen atoms in total. The van der Waals surface area contributed by atoms with Gasteiger partial charge in [-0.1, -0.05) is 0 Å². The molecular weight excluding hydrogens is 132 g/mol. The van der Waals surface area contributed by atoms with E-state index in [9.17, 15) is 4.79 Å². The lowest BCUT2D eigenvalue weighted by Gasteiger charge is -2.09. The Bertz CT molecular complexity index is 104. The number of nitrogens with zero attached hydrogens (tertiary/aromatic N) is 1. The number of hydrogen-bond donors (Lipinski definition) is 1. The van der Waals surface area contributed by atoms with Crippen LogP contribution in [-0.2, 0) is 9.63 Å². The van der Waals surface area contributed by atoms with Crippen LogP contribution in [0.1, 0.15) is 6.42 Å². The number of hydrogen-bond acceptors (Lipinski definition) is 3. The van der Waals surface area contributed by atoms with Gasteiger partial charge in [0.1, 0.15) is 0 Å². The van der Waals surface area contributed by atoms with Gasteiger partial charge in [0, 0.05) is 27.1 Å². The molecule has 1 N–H and O–H groups in total. The summed E-state index contributed by atoms with van der Waals surface area (Å²) in [5.74, 6) is 0.101. The molecule has 0 bridgehead atoms. The Hall–Kier alpha value is -0.610. The highest BCUT2D eigenvalue weighted by molar-refractivity contribution is 5.75. The standard InChI is InChI=1S/C6H14N2O2/c1-8(2)6(9)4-5-7-10-3/h7H,4-5H2,1-3H3. The molecule has 0 saturated carbocycles. The minimum Gasteiger partial charge on any atom is -0.349 e. The van der Waals surface area contributed by atoms with Gasteiger partial charge in [0.25, 0.3) is 0 Å². The van der Waals surface area contributed by atoms with E-state index in [4.69, 9.17) is 0 Å². The third kappa shape index (κ3) is 4.29. The zero-order valence-electron chi connectivity index (χ0n) is 6.68. The summed E-state index contributed by atoms with van der Waals surface area (Å²) in [5, 5.41) is 0. The molecule has 0 heterocycles. The summed E-state index contributed by atoms with van der Waals surface area (Å²) in [4.78, 5) is 17.0. The molecule has 0 rings (SSSR count). The van der Waals surface area contributed by atoms with Crippen molar-refractivity contribution in [2.75, 3.05) is 27.7 Å². The van der Waals surface area contributed by atoms with Crippen molar-refractivity contribution in [1.29, 1.82) is 0 Å². The molecule has 0 aliphatic heterocycles. The van der Waals surface area contributed by atoms with E-state index in [0.717, 1.165) is 0 Å². The average Bonchev–Trinajstić information content (AvgIpc) is 1.88. The van der Waals surface area contributed by atoms with E-state index in [1.807, 2.05) is 0 Å². The first-order chi connectivity index (χ1) is 4.68. The Labute approximate surface area is 61.1 Å². The van der Waals surface area contributed by atoms with Crippen molar-refractivity contribution in [2.24, 2.45) is 0 Å². The van der Waals surface area contributed by atoms with Crippen LogP contribution in [0, 0.1) is 0 Å². The van der Waals surface area contributed by atoms with Crippen molar-refractivity contribution < 1.29 is 9.63 Å².